The summed E-state index contributed by atoms with van der Waals surface area (Å²) in [5.74, 6) is 0.666. The fourth-order valence-corrected chi connectivity index (χ4v) is 4.64. The van der Waals surface area contributed by atoms with Gasteiger partial charge in [-0.2, -0.15) is 0 Å². The van der Waals surface area contributed by atoms with E-state index in [-0.39, 0.29) is 5.91 Å². The van der Waals surface area contributed by atoms with Crippen LogP contribution in [-0.4, -0.2) is 41.1 Å². The van der Waals surface area contributed by atoms with Crippen LogP contribution in [-0.2, 0) is 7.05 Å². The van der Waals surface area contributed by atoms with Gasteiger partial charge in [0.25, 0.3) is 5.91 Å². The molecule has 0 unspecified atom stereocenters. The van der Waals surface area contributed by atoms with Crippen molar-refractivity contribution in [1.29, 1.82) is 0 Å². The minimum Gasteiger partial charge on any atom is -0.350 e. The van der Waals surface area contributed by atoms with Crippen molar-refractivity contribution >= 4 is 16.8 Å². The standard InChI is InChI=1S/C20H27N3O/c1-22-17-9-3-2-7-15(17)13-19(22)20(24)21-14-16-8-6-12-23-11-5-4-10-18(16)23/h2-3,7,9,13,16,18H,4-6,8,10-12,14H2,1H3,(H,21,24)/t16-,18-/m0/s1. The van der Waals surface area contributed by atoms with Gasteiger partial charge in [0.2, 0.25) is 0 Å². The lowest BCUT2D eigenvalue weighted by Gasteiger charge is -2.44. The van der Waals surface area contributed by atoms with E-state index in [0.717, 1.165) is 23.1 Å². The maximum Gasteiger partial charge on any atom is 0.267 e. The highest BCUT2D eigenvalue weighted by Crippen LogP contribution is 2.30. The Hall–Kier alpha value is -1.81. The van der Waals surface area contributed by atoms with Crippen LogP contribution in [0.15, 0.2) is 30.3 Å². The van der Waals surface area contributed by atoms with Crippen molar-refractivity contribution in [1.82, 2.24) is 14.8 Å². The number of rotatable bonds is 3. The molecule has 1 amide bonds. The van der Waals surface area contributed by atoms with Crippen LogP contribution in [0.1, 0.15) is 42.6 Å². The maximum absolute atomic E-state index is 12.7. The summed E-state index contributed by atoms with van der Waals surface area (Å²) in [6, 6.07) is 10.8. The average Bonchev–Trinajstić information content (AvgIpc) is 2.97. The fourth-order valence-electron chi connectivity index (χ4n) is 4.64. The van der Waals surface area contributed by atoms with Crippen LogP contribution in [0, 0.1) is 5.92 Å². The highest BCUT2D eigenvalue weighted by atomic mass is 16.1. The Morgan fingerprint density at radius 3 is 2.88 bits per heavy atom. The number of aryl methyl sites for hydroxylation is 1. The quantitative estimate of drug-likeness (QED) is 0.941. The predicted molar refractivity (Wildman–Crippen MR) is 97.2 cm³/mol. The van der Waals surface area contributed by atoms with Crippen LogP contribution in [0.4, 0.5) is 0 Å². The molecular weight excluding hydrogens is 298 g/mol. The van der Waals surface area contributed by atoms with Gasteiger partial charge in [0.1, 0.15) is 5.69 Å². The van der Waals surface area contributed by atoms with Gasteiger partial charge in [-0.1, -0.05) is 24.6 Å². The molecule has 4 nitrogen and oxygen atoms in total. The second-order valence-electron chi connectivity index (χ2n) is 7.36. The van der Waals surface area contributed by atoms with Crippen LogP contribution in [0.25, 0.3) is 10.9 Å². The molecule has 2 saturated heterocycles. The molecule has 24 heavy (non-hydrogen) atoms. The van der Waals surface area contributed by atoms with Gasteiger partial charge in [0.05, 0.1) is 0 Å². The Bertz CT molecular complexity index is 734. The van der Waals surface area contributed by atoms with Gasteiger partial charge in [0, 0.05) is 30.5 Å². The van der Waals surface area contributed by atoms with E-state index in [4.69, 9.17) is 0 Å². The smallest absolute Gasteiger partial charge is 0.267 e. The topological polar surface area (TPSA) is 37.3 Å². The van der Waals surface area contributed by atoms with Crippen molar-refractivity contribution in [3.05, 3.63) is 36.0 Å². The number of carbonyl (C=O) groups excluding carboxylic acids is 1. The summed E-state index contributed by atoms with van der Waals surface area (Å²) in [4.78, 5) is 15.3. The molecule has 4 rings (SSSR count). The monoisotopic (exact) mass is 325 g/mol. The molecule has 3 heterocycles. The molecule has 1 aromatic carbocycles. The first-order chi connectivity index (χ1) is 11.7. The highest BCUT2D eigenvalue weighted by molar-refractivity contribution is 5.98. The molecule has 4 heteroatoms. The summed E-state index contributed by atoms with van der Waals surface area (Å²) in [5, 5.41) is 4.34. The van der Waals surface area contributed by atoms with Crippen LogP contribution in [0.2, 0.25) is 0 Å². The van der Waals surface area contributed by atoms with E-state index in [2.05, 4.69) is 22.3 Å². The summed E-state index contributed by atoms with van der Waals surface area (Å²) < 4.78 is 2.00. The average molecular weight is 325 g/mol. The van der Waals surface area contributed by atoms with Crippen molar-refractivity contribution in [3.8, 4) is 0 Å². The molecule has 2 aliphatic heterocycles. The largest absolute Gasteiger partial charge is 0.350 e. The molecular formula is C20H27N3O. The summed E-state index contributed by atoms with van der Waals surface area (Å²) in [5.41, 5.74) is 1.87. The van der Waals surface area contributed by atoms with Gasteiger partial charge in [-0.15, -0.1) is 0 Å². The lowest BCUT2D eigenvalue weighted by molar-refractivity contribution is 0.0574. The summed E-state index contributed by atoms with van der Waals surface area (Å²) >= 11 is 0. The van der Waals surface area contributed by atoms with Crippen molar-refractivity contribution in [2.45, 2.75) is 38.1 Å². The third-order valence-corrected chi connectivity index (χ3v) is 5.94. The number of hydrogen-bond acceptors (Lipinski definition) is 2. The zero-order valence-corrected chi connectivity index (χ0v) is 14.5. The van der Waals surface area contributed by atoms with Crippen LogP contribution < -0.4 is 5.32 Å². The molecule has 0 spiro atoms. The first-order valence-corrected chi connectivity index (χ1v) is 9.31. The van der Waals surface area contributed by atoms with Gasteiger partial charge in [-0.25, -0.2) is 0 Å². The highest BCUT2D eigenvalue weighted by Gasteiger charge is 2.33. The Morgan fingerprint density at radius 2 is 2.00 bits per heavy atom. The van der Waals surface area contributed by atoms with Crippen LogP contribution >= 0.6 is 0 Å². The molecule has 2 atom stereocenters. The first-order valence-electron chi connectivity index (χ1n) is 9.31. The number of benzene rings is 1. The SMILES string of the molecule is Cn1c(C(=O)NC[C@@H]2CCCN3CCCC[C@@H]23)cc2ccccc21. The first kappa shape index (κ1) is 15.7. The zero-order chi connectivity index (χ0) is 16.5. The number of para-hydroxylation sites is 1. The second kappa shape index (κ2) is 6.60. The van der Waals surface area contributed by atoms with Gasteiger partial charge < -0.3 is 14.8 Å². The molecule has 0 aliphatic carbocycles. The number of nitrogens with one attached hydrogen (secondary N) is 1. The number of carbonyl (C=O) groups is 1. The molecule has 0 radical (unpaired) electrons. The zero-order valence-electron chi connectivity index (χ0n) is 14.5. The molecule has 2 aliphatic rings. The third kappa shape index (κ3) is 2.84. The molecule has 0 bridgehead atoms. The Morgan fingerprint density at radius 1 is 1.17 bits per heavy atom. The van der Waals surface area contributed by atoms with E-state index in [1.165, 1.54) is 45.2 Å². The number of piperidine rings is 2. The summed E-state index contributed by atoms with van der Waals surface area (Å²) in [6.07, 6.45) is 6.50. The minimum atomic E-state index is 0.0571. The minimum absolute atomic E-state index is 0.0571. The number of amides is 1. The summed E-state index contributed by atoms with van der Waals surface area (Å²) in [7, 11) is 1.97. The second-order valence-corrected chi connectivity index (χ2v) is 7.36. The van der Waals surface area contributed by atoms with E-state index in [1.807, 2.05) is 29.8 Å². The van der Waals surface area contributed by atoms with E-state index in [9.17, 15) is 4.79 Å². The number of aromatic nitrogens is 1. The summed E-state index contributed by atoms with van der Waals surface area (Å²) in [6.45, 7) is 3.30. The maximum atomic E-state index is 12.7. The van der Waals surface area contributed by atoms with Crippen molar-refractivity contribution < 1.29 is 4.79 Å². The van der Waals surface area contributed by atoms with E-state index >= 15 is 0 Å². The number of fused-ring (bicyclic) bond motifs is 2. The molecule has 0 saturated carbocycles. The van der Waals surface area contributed by atoms with E-state index < -0.39 is 0 Å². The fraction of sp³-hybridized carbons (Fsp3) is 0.550. The van der Waals surface area contributed by atoms with Gasteiger partial charge in [0.15, 0.2) is 0 Å². The molecule has 1 N–H and O–H groups in total. The Kier molecular flexibility index (Phi) is 4.31. The molecule has 2 aromatic rings. The van der Waals surface area contributed by atoms with Crippen LogP contribution in [0.5, 0.6) is 0 Å². The molecule has 1 aromatic heterocycles. The molecule has 128 valence electrons. The van der Waals surface area contributed by atoms with Crippen molar-refractivity contribution in [2.24, 2.45) is 13.0 Å². The molecule has 2 fully saturated rings. The lowest BCUT2D eigenvalue weighted by atomic mass is 9.83. The van der Waals surface area contributed by atoms with E-state index in [1.54, 1.807) is 0 Å². The number of hydrogen-bond donors (Lipinski definition) is 1. The Labute approximate surface area is 143 Å². The van der Waals surface area contributed by atoms with Crippen LogP contribution in [0.3, 0.4) is 0 Å². The van der Waals surface area contributed by atoms with Gasteiger partial charge >= 0.3 is 0 Å². The van der Waals surface area contributed by atoms with Gasteiger partial charge in [-0.05, 0) is 56.8 Å². The Balaban J connectivity index is 1.44. The number of nitrogens with zero attached hydrogens (tertiary/aromatic N) is 2. The van der Waals surface area contributed by atoms with Crippen molar-refractivity contribution in [2.75, 3.05) is 19.6 Å². The van der Waals surface area contributed by atoms with Gasteiger partial charge in [-0.3, -0.25) is 4.79 Å². The third-order valence-electron chi connectivity index (χ3n) is 5.94. The lowest BCUT2D eigenvalue weighted by Crippen LogP contribution is -2.51. The normalized spacial score (nSPS) is 24.7. The van der Waals surface area contributed by atoms with E-state index in [0.29, 0.717) is 12.0 Å². The predicted octanol–water partition coefficient (Wildman–Crippen LogP) is 3.17. The van der Waals surface area contributed by atoms with Crippen molar-refractivity contribution in [3.63, 3.8) is 0 Å².